The number of hydrogen-bond donors (Lipinski definition) is 0. The number of fused-ring (bicyclic) bond motifs is 1. The predicted octanol–water partition coefficient (Wildman–Crippen LogP) is 3.92. The highest BCUT2D eigenvalue weighted by Gasteiger charge is 2.19. The zero-order valence-electron chi connectivity index (χ0n) is 15.4. The predicted molar refractivity (Wildman–Crippen MR) is 105 cm³/mol. The highest BCUT2D eigenvalue weighted by atomic mass is 35.5. The zero-order valence-corrected chi connectivity index (χ0v) is 16.1. The van der Waals surface area contributed by atoms with Gasteiger partial charge in [-0.3, -0.25) is 4.79 Å². The van der Waals surface area contributed by atoms with Gasteiger partial charge in [-0.2, -0.15) is 0 Å². The van der Waals surface area contributed by atoms with Gasteiger partial charge in [-0.15, -0.1) is 0 Å². The fourth-order valence-electron chi connectivity index (χ4n) is 2.70. The number of esters is 1. The summed E-state index contributed by atoms with van der Waals surface area (Å²) in [5.41, 5.74) is 1.50. The van der Waals surface area contributed by atoms with Crippen molar-refractivity contribution in [3.8, 4) is 0 Å². The van der Waals surface area contributed by atoms with E-state index < -0.39 is 5.97 Å². The summed E-state index contributed by atoms with van der Waals surface area (Å²) in [6, 6.07) is 16.2. The number of nitrogens with zero attached hydrogens (tertiary/aromatic N) is 1. The van der Waals surface area contributed by atoms with Gasteiger partial charge < -0.3 is 18.8 Å². The molecule has 146 valence electrons. The molecule has 1 aromatic heterocycles. The van der Waals surface area contributed by atoms with Crippen LogP contribution in [0.25, 0.3) is 11.0 Å². The average Bonchev–Trinajstić information content (AvgIpc) is 3.13. The van der Waals surface area contributed by atoms with E-state index in [2.05, 4.69) is 0 Å². The number of benzene rings is 2. The van der Waals surface area contributed by atoms with Crippen LogP contribution >= 0.6 is 11.6 Å². The van der Waals surface area contributed by atoms with Crippen molar-refractivity contribution in [1.29, 1.82) is 0 Å². The van der Waals surface area contributed by atoms with Gasteiger partial charge in [0.2, 0.25) is 5.76 Å². The van der Waals surface area contributed by atoms with E-state index in [0.717, 1.165) is 5.56 Å². The third kappa shape index (κ3) is 5.12. The molecule has 3 aromatic rings. The maximum Gasteiger partial charge on any atom is 0.374 e. The Hall–Kier alpha value is -2.83. The van der Waals surface area contributed by atoms with Crippen LogP contribution in [-0.2, 0) is 20.8 Å². The van der Waals surface area contributed by atoms with E-state index in [1.165, 1.54) is 0 Å². The van der Waals surface area contributed by atoms with Crippen molar-refractivity contribution in [1.82, 2.24) is 4.90 Å². The molecule has 0 spiro atoms. The maximum atomic E-state index is 12.6. The topological polar surface area (TPSA) is 69.0 Å². The van der Waals surface area contributed by atoms with Gasteiger partial charge in [0, 0.05) is 30.6 Å². The Morgan fingerprint density at radius 3 is 2.64 bits per heavy atom. The summed E-state index contributed by atoms with van der Waals surface area (Å²) in [6.07, 6.45) is 0. The number of carbonyl (C=O) groups is 2. The van der Waals surface area contributed by atoms with Gasteiger partial charge in [-0.05, 0) is 29.8 Å². The van der Waals surface area contributed by atoms with Gasteiger partial charge in [-0.1, -0.05) is 41.9 Å². The Morgan fingerprint density at radius 2 is 1.89 bits per heavy atom. The lowest BCUT2D eigenvalue weighted by molar-refractivity contribution is -0.135. The van der Waals surface area contributed by atoms with Gasteiger partial charge in [-0.25, -0.2) is 4.79 Å². The summed E-state index contributed by atoms with van der Waals surface area (Å²) in [6.45, 7) is 0.804. The van der Waals surface area contributed by atoms with Crippen molar-refractivity contribution in [3.63, 3.8) is 0 Å². The van der Waals surface area contributed by atoms with E-state index in [4.69, 9.17) is 25.5 Å². The number of hydrogen-bond acceptors (Lipinski definition) is 5. The molecule has 0 bridgehead atoms. The molecule has 3 rings (SSSR count). The summed E-state index contributed by atoms with van der Waals surface area (Å²) in [7, 11) is 1.57. The molecule has 1 amide bonds. The second-order valence-electron chi connectivity index (χ2n) is 6.16. The van der Waals surface area contributed by atoms with Gasteiger partial charge in [0.15, 0.2) is 6.61 Å². The molecule has 0 atom stereocenters. The Balaban J connectivity index is 1.62. The minimum absolute atomic E-state index is 0.0246. The maximum absolute atomic E-state index is 12.6. The van der Waals surface area contributed by atoms with Crippen LogP contribution in [0.5, 0.6) is 0 Å². The van der Waals surface area contributed by atoms with Gasteiger partial charge in [0.05, 0.1) is 6.61 Å². The third-order valence-corrected chi connectivity index (χ3v) is 4.38. The average molecular weight is 402 g/mol. The lowest BCUT2D eigenvalue weighted by Gasteiger charge is -2.22. The highest BCUT2D eigenvalue weighted by Crippen LogP contribution is 2.23. The molecule has 0 N–H and O–H groups in total. The molecule has 0 radical (unpaired) electrons. The molecule has 0 saturated carbocycles. The number of rotatable bonds is 8. The van der Waals surface area contributed by atoms with Gasteiger partial charge in [0.25, 0.3) is 5.91 Å². The fraction of sp³-hybridized carbons (Fsp3) is 0.238. The molecule has 28 heavy (non-hydrogen) atoms. The van der Waals surface area contributed by atoms with E-state index in [0.29, 0.717) is 35.7 Å². The summed E-state index contributed by atoms with van der Waals surface area (Å²) in [4.78, 5) is 26.4. The Bertz CT molecular complexity index is 954. The van der Waals surface area contributed by atoms with Crippen LogP contribution in [0.4, 0.5) is 0 Å². The first-order valence-corrected chi connectivity index (χ1v) is 9.11. The number of ether oxygens (including phenoxy) is 2. The van der Waals surface area contributed by atoms with Crippen LogP contribution < -0.4 is 0 Å². The van der Waals surface area contributed by atoms with Gasteiger partial charge >= 0.3 is 5.97 Å². The summed E-state index contributed by atoms with van der Waals surface area (Å²) < 4.78 is 15.7. The van der Waals surface area contributed by atoms with Crippen molar-refractivity contribution in [2.45, 2.75) is 6.54 Å². The van der Waals surface area contributed by atoms with Crippen LogP contribution in [0.15, 0.2) is 59.0 Å². The van der Waals surface area contributed by atoms with Crippen LogP contribution in [-0.4, -0.2) is 43.6 Å². The quantitative estimate of drug-likeness (QED) is 0.535. The Morgan fingerprint density at radius 1 is 1.11 bits per heavy atom. The minimum Gasteiger partial charge on any atom is -0.450 e. The SMILES string of the molecule is COCCN(Cc1ccccc1)C(=O)COC(=O)c1cc2cc(Cl)ccc2o1. The fourth-order valence-corrected chi connectivity index (χ4v) is 2.88. The summed E-state index contributed by atoms with van der Waals surface area (Å²) in [5.74, 6) is -0.989. The highest BCUT2D eigenvalue weighted by molar-refractivity contribution is 6.31. The molecule has 6 nitrogen and oxygen atoms in total. The number of carbonyl (C=O) groups excluding carboxylic acids is 2. The Kier molecular flexibility index (Phi) is 6.68. The van der Waals surface area contributed by atoms with E-state index >= 15 is 0 Å². The van der Waals surface area contributed by atoms with Crippen LogP contribution in [0, 0.1) is 0 Å². The number of halogens is 1. The number of furan rings is 1. The molecule has 2 aromatic carbocycles. The lowest BCUT2D eigenvalue weighted by Crippen LogP contribution is -2.36. The van der Waals surface area contributed by atoms with E-state index in [9.17, 15) is 9.59 Å². The van der Waals surface area contributed by atoms with Crippen LogP contribution in [0.1, 0.15) is 16.1 Å². The summed E-state index contributed by atoms with van der Waals surface area (Å²) in [5, 5.41) is 1.23. The molecule has 0 aliphatic rings. The Labute approximate surface area is 167 Å². The summed E-state index contributed by atoms with van der Waals surface area (Å²) >= 11 is 5.93. The van der Waals surface area contributed by atoms with E-state index in [1.807, 2.05) is 30.3 Å². The van der Waals surface area contributed by atoms with E-state index in [-0.39, 0.29) is 18.3 Å². The zero-order chi connectivity index (χ0) is 19.9. The number of methoxy groups -OCH3 is 1. The molecular weight excluding hydrogens is 382 g/mol. The molecule has 0 aliphatic carbocycles. The molecule has 0 saturated heterocycles. The first-order chi connectivity index (χ1) is 13.6. The van der Waals surface area contributed by atoms with Gasteiger partial charge in [0.1, 0.15) is 5.58 Å². The smallest absolute Gasteiger partial charge is 0.374 e. The largest absolute Gasteiger partial charge is 0.450 e. The van der Waals surface area contributed by atoms with Crippen molar-refractivity contribution in [3.05, 3.63) is 70.9 Å². The van der Waals surface area contributed by atoms with Crippen molar-refractivity contribution in [2.24, 2.45) is 0 Å². The van der Waals surface area contributed by atoms with Crippen molar-refractivity contribution in [2.75, 3.05) is 26.9 Å². The molecule has 1 heterocycles. The normalized spacial score (nSPS) is 10.8. The molecule has 0 aliphatic heterocycles. The second kappa shape index (κ2) is 9.39. The third-order valence-electron chi connectivity index (χ3n) is 4.14. The van der Waals surface area contributed by atoms with Crippen molar-refractivity contribution < 1.29 is 23.5 Å². The first kappa shape index (κ1) is 19.9. The van der Waals surface area contributed by atoms with E-state index in [1.54, 1.807) is 36.3 Å². The molecule has 0 fully saturated rings. The lowest BCUT2D eigenvalue weighted by atomic mass is 10.2. The molecular formula is C21H20ClNO5. The van der Waals surface area contributed by atoms with Crippen LogP contribution in [0.2, 0.25) is 5.02 Å². The first-order valence-electron chi connectivity index (χ1n) is 8.73. The monoisotopic (exact) mass is 401 g/mol. The van der Waals surface area contributed by atoms with Crippen LogP contribution in [0.3, 0.4) is 0 Å². The number of amides is 1. The molecule has 7 heteroatoms. The standard InChI is InChI=1S/C21H20ClNO5/c1-26-10-9-23(13-15-5-3-2-4-6-15)20(24)14-27-21(25)19-12-16-11-17(22)7-8-18(16)28-19/h2-8,11-12H,9-10,13-14H2,1H3. The van der Waals surface area contributed by atoms with Crippen molar-refractivity contribution >= 4 is 34.4 Å². The minimum atomic E-state index is -0.702. The molecule has 0 unspecified atom stereocenters. The second-order valence-corrected chi connectivity index (χ2v) is 6.60.